The van der Waals surface area contributed by atoms with Crippen LogP contribution in [0.3, 0.4) is 0 Å². The van der Waals surface area contributed by atoms with Gasteiger partial charge in [0, 0.05) is 50.9 Å². The van der Waals surface area contributed by atoms with Gasteiger partial charge in [0.15, 0.2) is 5.75 Å². The van der Waals surface area contributed by atoms with Crippen molar-refractivity contribution in [1.82, 2.24) is 4.90 Å². The van der Waals surface area contributed by atoms with Gasteiger partial charge in [0.05, 0.1) is 58.9 Å². The van der Waals surface area contributed by atoms with Crippen LogP contribution in [0.2, 0.25) is 0 Å². The third-order valence-electron chi connectivity index (χ3n) is 7.92. The van der Waals surface area contributed by atoms with Gasteiger partial charge in [-0.2, -0.15) is 13.2 Å². The average Bonchev–Trinajstić information content (AvgIpc) is 3.36. The van der Waals surface area contributed by atoms with Gasteiger partial charge in [0.1, 0.15) is 5.82 Å². The van der Waals surface area contributed by atoms with Crippen LogP contribution in [0.25, 0.3) is 14.9 Å². The summed E-state index contributed by atoms with van der Waals surface area (Å²) >= 11 is 1.23. The fourth-order valence-electron chi connectivity index (χ4n) is 5.83. The van der Waals surface area contributed by atoms with Gasteiger partial charge >= 0.3 is 12.9 Å². The molecule has 1 atom stereocenters. The molecule has 2 aliphatic heterocycles. The maximum atomic E-state index is 15.1. The number of nitrogens with zero attached hydrogens (tertiary/aromatic N) is 3. The van der Waals surface area contributed by atoms with E-state index in [2.05, 4.69) is 32.2 Å². The normalized spacial score (nSPS) is 16.8. The Bertz CT molecular complexity index is 1600. The molecule has 0 spiro atoms. The van der Waals surface area contributed by atoms with Crippen molar-refractivity contribution in [3.05, 3.63) is 58.0 Å². The molecule has 246 valence electrons. The minimum atomic E-state index is -4.42. The number of aliphatic hydroxyl groups is 1. The van der Waals surface area contributed by atoms with Crippen molar-refractivity contribution < 1.29 is 32.1 Å². The number of nitrogens with one attached hydrogen (secondary N) is 2. The summed E-state index contributed by atoms with van der Waals surface area (Å²) < 4.78 is 67.9. The first-order valence-electron chi connectivity index (χ1n) is 15.2. The lowest BCUT2D eigenvalue weighted by atomic mass is 10.0. The van der Waals surface area contributed by atoms with Gasteiger partial charge in [-0.25, -0.2) is 11.0 Å². The van der Waals surface area contributed by atoms with Crippen molar-refractivity contribution in [3.63, 3.8) is 0 Å². The van der Waals surface area contributed by atoms with Crippen LogP contribution in [-0.4, -0.2) is 87.5 Å². The van der Waals surface area contributed by atoms with Crippen LogP contribution in [0.5, 0.6) is 5.75 Å². The van der Waals surface area contributed by atoms with Crippen molar-refractivity contribution in [2.75, 3.05) is 74.7 Å². The number of aliphatic hydroxyl groups excluding tert-OH is 1. The molecule has 0 aliphatic carbocycles. The van der Waals surface area contributed by atoms with E-state index in [9.17, 15) is 18.3 Å². The predicted molar refractivity (Wildman–Crippen MR) is 173 cm³/mol. The van der Waals surface area contributed by atoms with Crippen LogP contribution in [-0.2, 0) is 11.2 Å². The average molecular weight is 660 g/mol. The van der Waals surface area contributed by atoms with Gasteiger partial charge in [-0.15, -0.1) is 11.3 Å². The number of halogens is 4. The zero-order chi connectivity index (χ0) is 32.7. The van der Waals surface area contributed by atoms with Gasteiger partial charge in [-0.3, -0.25) is 4.85 Å². The number of likely N-dealkylation sites (tertiary alicyclic amines) is 1. The number of hydrogen-bond acceptors (Lipinski definition) is 8. The summed E-state index contributed by atoms with van der Waals surface area (Å²) in [5.41, 5.74) is 1.56. The van der Waals surface area contributed by atoms with E-state index in [4.69, 9.17) is 16.0 Å². The molecule has 0 radical (unpaired) electrons. The quantitative estimate of drug-likeness (QED) is 0.141. The third-order valence-corrected chi connectivity index (χ3v) is 9.12. The van der Waals surface area contributed by atoms with E-state index in [0.717, 1.165) is 36.3 Å². The first-order chi connectivity index (χ1) is 22.1. The van der Waals surface area contributed by atoms with E-state index in [1.807, 2.05) is 11.0 Å². The molecule has 2 saturated heterocycles. The van der Waals surface area contributed by atoms with Crippen LogP contribution in [0.1, 0.15) is 30.2 Å². The Morgan fingerprint density at radius 3 is 2.63 bits per heavy atom. The third kappa shape index (κ3) is 8.74. The number of benzene rings is 2. The molecule has 1 aromatic heterocycles. The summed E-state index contributed by atoms with van der Waals surface area (Å²) in [7, 11) is 0. The van der Waals surface area contributed by atoms with Gasteiger partial charge < -0.3 is 35.0 Å². The van der Waals surface area contributed by atoms with E-state index in [1.165, 1.54) is 17.4 Å². The van der Waals surface area contributed by atoms with Crippen LogP contribution in [0, 0.1) is 24.2 Å². The maximum absolute atomic E-state index is 15.1. The number of ether oxygens (including phenoxy) is 2. The Balaban J connectivity index is 1.35. The zero-order valence-electron chi connectivity index (χ0n) is 25.6. The molecule has 0 bridgehead atoms. The highest BCUT2D eigenvalue weighted by Gasteiger charge is 2.31. The first kappa shape index (κ1) is 33.6. The highest BCUT2D eigenvalue weighted by atomic mass is 32.1. The van der Waals surface area contributed by atoms with E-state index >= 15 is 4.39 Å². The Morgan fingerprint density at radius 1 is 1.17 bits per heavy atom. The zero-order valence-corrected chi connectivity index (χ0v) is 26.4. The lowest BCUT2D eigenvalue weighted by molar-refractivity contribution is -0.126. The lowest BCUT2D eigenvalue weighted by Crippen LogP contribution is -2.41. The maximum Gasteiger partial charge on any atom is 0.393 e. The summed E-state index contributed by atoms with van der Waals surface area (Å²) in [5.74, 6) is 5.65. The molecule has 5 rings (SSSR count). The molecular weight excluding hydrogens is 622 g/mol. The van der Waals surface area contributed by atoms with Gasteiger partial charge in [0.25, 0.3) is 0 Å². The Hall–Kier alpha value is -3.75. The van der Waals surface area contributed by atoms with Crippen molar-refractivity contribution in [2.45, 2.75) is 44.5 Å². The summed E-state index contributed by atoms with van der Waals surface area (Å²) in [4.78, 5) is 7.62. The molecule has 46 heavy (non-hydrogen) atoms. The molecule has 3 heterocycles. The van der Waals surface area contributed by atoms with Crippen molar-refractivity contribution in [3.8, 4) is 17.6 Å². The standard InChI is InChI=1S/C33H37F4N5O3S/c1-22(43)20-41-11-8-23(9-12-41)40-27-6-3-5-24-25(19-33(35,36)37)31(46-32(24)27)7-4-10-39-28-17-26(34)29(18-30(28)45-21-38-2)42-13-15-44-16-14-42/h3,5-6,17-18,22-23,39-40,43H,8-16,19-21H2,1H3. The number of morpholine rings is 1. The largest absolute Gasteiger partial charge is 0.424 e. The number of hydrogen-bond donors (Lipinski definition) is 3. The molecule has 2 fully saturated rings. The molecule has 3 N–H and O–H groups in total. The smallest absolute Gasteiger partial charge is 0.393 e. The number of rotatable bonds is 10. The van der Waals surface area contributed by atoms with Crippen LogP contribution in [0.15, 0.2) is 30.3 Å². The number of fused-ring (bicyclic) bond motifs is 1. The van der Waals surface area contributed by atoms with Crippen LogP contribution >= 0.6 is 11.3 Å². The molecule has 1 unspecified atom stereocenters. The SMILES string of the molecule is [C-]#[N+]COc1cc(N2CCOCC2)c(F)cc1NCC#Cc1sc2c(NC3CCN(CC(C)O)CC3)cccc2c1CC(F)(F)F. The van der Waals surface area contributed by atoms with Gasteiger partial charge in [-0.05, 0) is 36.8 Å². The van der Waals surface area contributed by atoms with Crippen LogP contribution in [0.4, 0.5) is 34.6 Å². The second-order valence-electron chi connectivity index (χ2n) is 11.4. The number of alkyl halides is 3. The van der Waals surface area contributed by atoms with Gasteiger partial charge in [-0.1, -0.05) is 24.0 Å². The highest BCUT2D eigenvalue weighted by molar-refractivity contribution is 7.20. The summed E-state index contributed by atoms with van der Waals surface area (Å²) in [6, 6.07) is 8.34. The van der Waals surface area contributed by atoms with E-state index in [-0.39, 0.29) is 30.6 Å². The second-order valence-corrected chi connectivity index (χ2v) is 12.5. The summed E-state index contributed by atoms with van der Waals surface area (Å²) in [5, 5.41) is 16.8. The second kappa shape index (κ2) is 15.2. The number of piperidine rings is 1. The molecule has 2 aromatic carbocycles. The van der Waals surface area contributed by atoms with E-state index in [1.54, 1.807) is 25.1 Å². The van der Waals surface area contributed by atoms with Crippen molar-refractivity contribution >= 4 is 38.5 Å². The Kier molecular flexibility index (Phi) is 11.1. The molecule has 0 amide bonds. The minimum absolute atomic E-state index is 0.0144. The van der Waals surface area contributed by atoms with Crippen molar-refractivity contribution in [1.29, 1.82) is 0 Å². The number of anilines is 3. The number of β-amino-alcohol motifs (C(OH)–C–C–N with tert-alkyl or cyclic N) is 1. The van der Waals surface area contributed by atoms with Crippen LogP contribution < -0.4 is 20.3 Å². The lowest BCUT2D eigenvalue weighted by Gasteiger charge is -2.33. The molecule has 8 nitrogen and oxygen atoms in total. The predicted octanol–water partition coefficient (Wildman–Crippen LogP) is 5.96. The van der Waals surface area contributed by atoms with Gasteiger partial charge in [0.2, 0.25) is 0 Å². The molecule has 0 saturated carbocycles. The Morgan fingerprint density at radius 2 is 1.93 bits per heavy atom. The van der Waals surface area contributed by atoms with Crippen molar-refractivity contribution in [2.24, 2.45) is 0 Å². The molecular formula is C33H37F4N5O3S. The topological polar surface area (TPSA) is 73.6 Å². The summed E-state index contributed by atoms with van der Waals surface area (Å²) in [6.45, 7) is 12.9. The number of thiophene rings is 1. The Labute approximate surface area is 270 Å². The molecule has 13 heteroatoms. The molecule has 3 aromatic rings. The fourth-order valence-corrected chi connectivity index (χ4v) is 7.00. The minimum Gasteiger partial charge on any atom is -0.424 e. The highest BCUT2D eigenvalue weighted by Crippen LogP contribution is 2.40. The molecule has 2 aliphatic rings. The van der Waals surface area contributed by atoms with E-state index < -0.39 is 24.5 Å². The monoisotopic (exact) mass is 659 g/mol. The summed E-state index contributed by atoms with van der Waals surface area (Å²) in [6.07, 6.45) is -4.20. The van der Waals surface area contributed by atoms with E-state index in [0.29, 0.717) is 54.5 Å². The first-order valence-corrected chi connectivity index (χ1v) is 16.1. The fraction of sp³-hybridized carbons (Fsp3) is 0.485.